The van der Waals surface area contributed by atoms with Gasteiger partial charge in [0.1, 0.15) is 0 Å². The molecule has 5 nitrogen and oxygen atoms in total. The molecule has 1 aromatic heterocycles. The minimum absolute atomic E-state index is 0.230. The molecule has 0 aliphatic heterocycles. The van der Waals surface area contributed by atoms with Crippen molar-refractivity contribution in [1.29, 1.82) is 0 Å². The van der Waals surface area contributed by atoms with Crippen molar-refractivity contribution in [3.8, 4) is 0 Å². The number of nitrogens with zero attached hydrogens (tertiary/aromatic N) is 1. The lowest BCUT2D eigenvalue weighted by Crippen LogP contribution is -2.27. The highest BCUT2D eigenvalue weighted by Crippen LogP contribution is 2.11. The van der Waals surface area contributed by atoms with Crippen molar-refractivity contribution in [3.05, 3.63) is 70.7 Å². The summed E-state index contributed by atoms with van der Waals surface area (Å²) in [5.74, 6) is -0.891. The number of esters is 1. The van der Waals surface area contributed by atoms with Gasteiger partial charge in [-0.05, 0) is 18.9 Å². The van der Waals surface area contributed by atoms with Crippen LogP contribution in [0.2, 0.25) is 0 Å². The van der Waals surface area contributed by atoms with Crippen LogP contribution in [0.4, 0.5) is 0 Å². The average Bonchev–Trinajstić information content (AvgIpc) is 2.54. The van der Waals surface area contributed by atoms with Gasteiger partial charge in [-0.2, -0.15) is 4.73 Å². The van der Waals surface area contributed by atoms with Crippen molar-refractivity contribution in [3.63, 3.8) is 0 Å². The molecular formula is C17H17NO4. The molecule has 0 N–H and O–H groups in total. The molecule has 2 aromatic rings. The van der Waals surface area contributed by atoms with Crippen LogP contribution in [0.5, 0.6) is 0 Å². The maximum atomic E-state index is 12.2. The molecule has 0 spiro atoms. The van der Waals surface area contributed by atoms with Crippen molar-refractivity contribution < 1.29 is 19.1 Å². The maximum Gasteiger partial charge on any atom is 0.339 e. The molecule has 22 heavy (non-hydrogen) atoms. The van der Waals surface area contributed by atoms with Gasteiger partial charge < -0.3 is 9.94 Å². The summed E-state index contributed by atoms with van der Waals surface area (Å²) in [6.45, 7) is 3.57. The third-order valence-electron chi connectivity index (χ3n) is 3.34. The Morgan fingerprint density at radius 1 is 1.09 bits per heavy atom. The Morgan fingerprint density at radius 3 is 2.23 bits per heavy atom. The van der Waals surface area contributed by atoms with Crippen molar-refractivity contribution in [2.75, 3.05) is 0 Å². The van der Waals surface area contributed by atoms with Gasteiger partial charge in [0.2, 0.25) is 5.78 Å². The SMILES string of the molecule is CCc1ccc(C(=O)C(C)OC(=O)c2cc[n+]([O-])cc2)cc1. The summed E-state index contributed by atoms with van der Waals surface area (Å²) < 4.78 is 5.72. The quantitative estimate of drug-likeness (QED) is 0.368. The van der Waals surface area contributed by atoms with Crippen LogP contribution in [0, 0.1) is 5.21 Å². The number of hydrogen-bond donors (Lipinski definition) is 0. The summed E-state index contributed by atoms with van der Waals surface area (Å²) in [6, 6.07) is 9.92. The first kappa shape index (κ1) is 15.7. The van der Waals surface area contributed by atoms with Gasteiger partial charge in [0.15, 0.2) is 18.5 Å². The zero-order valence-electron chi connectivity index (χ0n) is 12.5. The van der Waals surface area contributed by atoms with E-state index in [1.807, 2.05) is 19.1 Å². The number of ketones is 1. The first-order valence-electron chi connectivity index (χ1n) is 7.04. The fourth-order valence-electron chi connectivity index (χ4n) is 1.97. The second kappa shape index (κ2) is 6.85. The van der Waals surface area contributed by atoms with Gasteiger partial charge in [0, 0.05) is 17.7 Å². The molecule has 0 aliphatic carbocycles. The number of carbonyl (C=O) groups is 2. The number of aryl methyl sites for hydroxylation is 1. The fourth-order valence-corrected chi connectivity index (χ4v) is 1.97. The highest BCUT2D eigenvalue weighted by atomic mass is 16.5. The smallest absolute Gasteiger partial charge is 0.339 e. The lowest BCUT2D eigenvalue weighted by atomic mass is 10.0. The Hall–Kier alpha value is -2.69. The minimum Gasteiger partial charge on any atom is -0.619 e. The van der Waals surface area contributed by atoms with Crippen LogP contribution in [0.25, 0.3) is 0 Å². The number of benzene rings is 1. The Morgan fingerprint density at radius 2 is 1.68 bits per heavy atom. The second-order valence-electron chi connectivity index (χ2n) is 4.91. The fraction of sp³-hybridized carbons (Fsp3) is 0.235. The van der Waals surface area contributed by atoms with E-state index < -0.39 is 12.1 Å². The third-order valence-corrected chi connectivity index (χ3v) is 3.34. The highest BCUT2D eigenvalue weighted by molar-refractivity contribution is 6.01. The van der Waals surface area contributed by atoms with Gasteiger partial charge in [-0.3, -0.25) is 4.79 Å². The Bertz CT molecular complexity index is 662. The van der Waals surface area contributed by atoms with Gasteiger partial charge in [-0.25, -0.2) is 4.79 Å². The molecule has 0 bridgehead atoms. The molecule has 0 saturated heterocycles. The molecule has 1 aromatic carbocycles. The first-order chi connectivity index (χ1) is 10.5. The Balaban J connectivity index is 2.03. The number of Topliss-reactive ketones (excluding diaryl/α,β-unsaturated/α-hetero) is 1. The topological polar surface area (TPSA) is 70.3 Å². The predicted molar refractivity (Wildman–Crippen MR) is 80.4 cm³/mol. The second-order valence-corrected chi connectivity index (χ2v) is 4.91. The monoisotopic (exact) mass is 299 g/mol. The zero-order chi connectivity index (χ0) is 16.1. The van der Waals surface area contributed by atoms with Gasteiger partial charge in [0.05, 0.1) is 5.56 Å². The van der Waals surface area contributed by atoms with Crippen molar-refractivity contribution >= 4 is 11.8 Å². The molecule has 0 saturated carbocycles. The van der Waals surface area contributed by atoms with E-state index in [0.717, 1.165) is 12.0 Å². The van der Waals surface area contributed by atoms with Crippen LogP contribution in [-0.4, -0.2) is 17.9 Å². The molecule has 1 heterocycles. The minimum atomic E-state index is -0.889. The van der Waals surface area contributed by atoms with E-state index in [0.29, 0.717) is 10.3 Å². The van der Waals surface area contributed by atoms with Crippen molar-refractivity contribution in [1.82, 2.24) is 0 Å². The van der Waals surface area contributed by atoms with Gasteiger partial charge in [0.25, 0.3) is 0 Å². The normalized spacial score (nSPS) is 11.7. The molecule has 1 unspecified atom stereocenters. The third kappa shape index (κ3) is 3.69. The molecule has 0 radical (unpaired) electrons. The summed E-state index contributed by atoms with van der Waals surface area (Å²) in [7, 11) is 0. The summed E-state index contributed by atoms with van der Waals surface area (Å²) in [4.78, 5) is 24.2. The summed E-state index contributed by atoms with van der Waals surface area (Å²) in [5.41, 5.74) is 1.87. The standard InChI is InChI=1S/C17H17NO4/c1-3-13-4-6-14(7-5-13)16(19)12(2)22-17(20)15-8-10-18(21)11-9-15/h4-12H,3H2,1-2H3. The Kier molecular flexibility index (Phi) is 4.88. The van der Waals surface area contributed by atoms with Gasteiger partial charge >= 0.3 is 5.97 Å². The first-order valence-corrected chi connectivity index (χ1v) is 7.04. The highest BCUT2D eigenvalue weighted by Gasteiger charge is 2.20. The number of aromatic nitrogens is 1. The number of carbonyl (C=O) groups excluding carboxylic acids is 2. The Labute approximate surface area is 128 Å². The van der Waals surface area contributed by atoms with E-state index in [1.54, 1.807) is 12.1 Å². The van der Waals surface area contributed by atoms with E-state index >= 15 is 0 Å². The van der Waals surface area contributed by atoms with E-state index in [1.165, 1.54) is 31.5 Å². The molecule has 0 amide bonds. The van der Waals surface area contributed by atoms with Crippen LogP contribution in [0.1, 0.15) is 40.1 Å². The van der Waals surface area contributed by atoms with Crippen LogP contribution in [0.3, 0.4) is 0 Å². The number of ether oxygens (including phenoxy) is 1. The maximum absolute atomic E-state index is 12.2. The largest absolute Gasteiger partial charge is 0.619 e. The predicted octanol–water partition coefficient (Wildman–Crippen LogP) is 2.31. The number of hydrogen-bond acceptors (Lipinski definition) is 4. The zero-order valence-corrected chi connectivity index (χ0v) is 12.5. The molecule has 5 heteroatoms. The number of pyridine rings is 1. The van der Waals surface area contributed by atoms with Crippen molar-refractivity contribution in [2.45, 2.75) is 26.4 Å². The molecule has 2 rings (SSSR count). The lowest BCUT2D eigenvalue weighted by Gasteiger charge is -2.12. The number of rotatable bonds is 5. The van der Waals surface area contributed by atoms with Crippen LogP contribution in [-0.2, 0) is 11.2 Å². The summed E-state index contributed by atoms with van der Waals surface area (Å²) in [5, 5.41) is 10.9. The molecule has 0 aliphatic rings. The van der Waals surface area contributed by atoms with Crippen LogP contribution >= 0.6 is 0 Å². The molecule has 1 atom stereocenters. The van der Waals surface area contributed by atoms with E-state index in [-0.39, 0.29) is 11.3 Å². The van der Waals surface area contributed by atoms with E-state index in [4.69, 9.17) is 4.74 Å². The van der Waals surface area contributed by atoms with Gasteiger partial charge in [-0.15, -0.1) is 0 Å². The lowest BCUT2D eigenvalue weighted by molar-refractivity contribution is -0.605. The summed E-state index contributed by atoms with van der Waals surface area (Å²) >= 11 is 0. The van der Waals surface area contributed by atoms with E-state index in [2.05, 4.69) is 0 Å². The average molecular weight is 299 g/mol. The van der Waals surface area contributed by atoms with E-state index in [9.17, 15) is 14.8 Å². The summed E-state index contributed by atoms with van der Waals surface area (Å²) in [6.07, 6.45) is 2.41. The van der Waals surface area contributed by atoms with Gasteiger partial charge in [-0.1, -0.05) is 31.2 Å². The molecule has 0 fully saturated rings. The van der Waals surface area contributed by atoms with Crippen LogP contribution in [0.15, 0.2) is 48.8 Å². The van der Waals surface area contributed by atoms with Crippen LogP contribution < -0.4 is 4.73 Å². The van der Waals surface area contributed by atoms with Crippen molar-refractivity contribution in [2.24, 2.45) is 0 Å². The molecular weight excluding hydrogens is 282 g/mol. The molecule has 114 valence electrons.